The first-order valence-electron chi connectivity index (χ1n) is 7.34. The second-order valence-electron chi connectivity index (χ2n) is 5.92. The van der Waals surface area contributed by atoms with Crippen LogP contribution in [-0.2, 0) is 4.79 Å². The van der Waals surface area contributed by atoms with Crippen LogP contribution in [0, 0.1) is 5.41 Å². The van der Waals surface area contributed by atoms with Gasteiger partial charge in [-0.15, -0.1) is 0 Å². The molecule has 2 aliphatic rings. The maximum absolute atomic E-state index is 12.2. The van der Waals surface area contributed by atoms with Crippen molar-refractivity contribution >= 4 is 11.8 Å². The first-order valence-corrected chi connectivity index (χ1v) is 7.34. The minimum atomic E-state index is -0.229. The van der Waals surface area contributed by atoms with Gasteiger partial charge in [-0.2, -0.15) is 0 Å². The van der Waals surface area contributed by atoms with Gasteiger partial charge in [0.25, 0.3) is 5.91 Å². The van der Waals surface area contributed by atoms with Gasteiger partial charge in [-0.05, 0) is 37.8 Å². The molecular weight excluding hydrogens is 252 g/mol. The predicted molar refractivity (Wildman–Crippen MR) is 76.2 cm³/mol. The highest BCUT2D eigenvalue weighted by Gasteiger charge is 2.45. The van der Waals surface area contributed by atoms with E-state index >= 15 is 0 Å². The van der Waals surface area contributed by atoms with Gasteiger partial charge >= 0.3 is 0 Å². The molecule has 0 aromatic heterocycles. The van der Waals surface area contributed by atoms with E-state index in [1.54, 1.807) is 0 Å². The average Bonchev–Trinajstić information content (AvgIpc) is 2.81. The van der Waals surface area contributed by atoms with Crippen molar-refractivity contribution in [2.24, 2.45) is 5.41 Å². The molecule has 1 heterocycles. The Labute approximate surface area is 118 Å². The third kappa shape index (κ3) is 2.42. The fourth-order valence-electron chi connectivity index (χ4n) is 3.49. The van der Waals surface area contributed by atoms with Crippen LogP contribution in [0.15, 0.2) is 30.3 Å². The maximum Gasteiger partial charge on any atom is 0.251 e. The van der Waals surface area contributed by atoms with E-state index in [1.165, 1.54) is 0 Å². The molecule has 1 aromatic carbocycles. The monoisotopic (exact) mass is 272 g/mol. The van der Waals surface area contributed by atoms with Gasteiger partial charge in [0.05, 0.1) is 5.41 Å². The molecule has 1 spiro atoms. The summed E-state index contributed by atoms with van der Waals surface area (Å²) in [5.74, 6) is 0.141. The van der Waals surface area contributed by atoms with E-state index in [2.05, 4.69) is 10.6 Å². The molecule has 3 rings (SSSR count). The fraction of sp³-hybridized carbons (Fsp3) is 0.500. The van der Waals surface area contributed by atoms with Crippen LogP contribution in [0.5, 0.6) is 0 Å². The van der Waals surface area contributed by atoms with Gasteiger partial charge in [0.2, 0.25) is 5.91 Å². The quantitative estimate of drug-likeness (QED) is 0.863. The van der Waals surface area contributed by atoms with E-state index in [4.69, 9.17) is 0 Å². The molecule has 2 atom stereocenters. The zero-order chi connectivity index (χ0) is 14.0. The Morgan fingerprint density at radius 1 is 1.25 bits per heavy atom. The van der Waals surface area contributed by atoms with E-state index in [1.807, 2.05) is 30.3 Å². The fourth-order valence-corrected chi connectivity index (χ4v) is 3.49. The van der Waals surface area contributed by atoms with Crippen LogP contribution in [0.2, 0.25) is 0 Å². The van der Waals surface area contributed by atoms with E-state index in [9.17, 15) is 9.59 Å². The van der Waals surface area contributed by atoms with Crippen molar-refractivity contribution in [3.05, 3.63) is 35.9 Å². The molecule has 1 aliphatic heterocycles. The average molecular weight is 272 g/mol. The Kier molecular flexibility index (Phi) is 3.47. The SMILES string of the molecule is O=C(N[C@H]1CCC[C@]2(CCNC2=O)C1)c1ccccc1. The van der Waals surface area contributed by atoms with Crippen LogP contribution < -0.4 is 10.6 Å². The zero-order valence-electron chi connectivity index (χ0n) is 11.5. The lowest BCUT2D eigenvalue weighted by atomic mass is 9.71. The van der Waals surface area contributed by atoms with E-state index < -0.39 is 0 Å². The molecule has 2 N–H and O–H groups in total. The van der Waals surface area contributed by atoms with E-state index in [0.29, 0.717) is 5.56 Å². The van der Waals surface area contributed by atoms with Gasteiger partial charge in [0.1, 0.15) is 0 Å². The summed E-state index contributed by atoms with van der Waals surface area (Å²) in [6, 6.07) is 9.37. The van der Waals surface area contributed by atoms with Gasteiger partial charge in [-0.3, -0.25) is 9.59 Å². The Balaban J connectivity index is 1.66. The summed E-state index contributed by atoms with van der Waals surface area (Å²) in [6.45, 7) is 0.776. The summed E-state index contributed by atoms with van der Waals surface area (Å²) in [4.78, 5) is 24.2. The van der Waals surface area contributed by atoms with Crippen LogP contribution in [0.25, 0.3) is 0 Å². The summed E-state index contributed by atoms with van der Waals surface area (Å²) in [6.07, 6.45) is 4.61. The van der Waals surface area contributed by atoms with Gasteiger partial charge in [-0.1, -0.05) is 24.6 Å². The van der Waals surface area contributed by atoms with Crippen molar-refractivity contribution in [2.75, 3.05) is 6.54 Å². The zero-order valence-corrected chi connectivity index (χ0v) is 11.5. The molecule has 4 nitrogen and oxygen atoms in total. The number of carbonyl (C=O) groups excluding carboxylic acids is 2. The number of benzene rings is 1. The standard InChI is InChI=1S/C16H20N2O2/c19-14(12-5-2-1-3-6-12)18-13-7-4-8-16(11-13)9-10-17-15(16)20/h1-3,5-6,13H,4,7-11H2,(H,17,20)(H,18,19)/t13-,16-/m0/s1. The molecule has 1 aliphatic carbocycles. The Morgan fingerprint density at radius 3 is 2.75 bits per heavy atom. The van der Waals surface area contributed by atoms with Gasteiger partial charge in [-0.25, -0.2) is 0 Å². The third-order valence-electron chi connectivity index (χ3n) is 4.59. The number of hydrogen-bond donors (Lipinski definition) is 2. The summed E-state index contributed by atoms with van der Waals surface area (Å²) in [7, 11) is 0. The lowest BCUT2D eigenvalue weighted by Gasteiger charge is -2.36. The molecule has 2 fully saturated rings. The Morgan fingerprint density at radius 2 is 2.05 bits per heavy atom. The minimum Gasteiger partial charge on any atom is -0.356 e. The smallest absolute Gasteiger partial charge is 0.251 e. The molecule has 1 aromatic rings. The number of amides is 2. The van der Waals surface area contributed by atoms with Crippen molar-refractivity contribution in [1.29, 1.82) is 0 Å². The molecule has 0 bridgehead atoms. The highest BCUT2D eigenvalue weighted by molar-refractivity contribution is 5.94. The molecule has 4 heteroatoms. The van der Waals surface area contributed by atoms with Crippen molar-refractivity contribution < 1.29 is 9.59 Å². The van der Waals surface area contributed by atoms with E-state index in [0.717, 1.165) is 38.6 Å². The van der Waals surface area contributed by atoms with Gasteiger partial charge in [0.15, 0.2) is 0 Å². The highest BCUT2D eigenvalue weighted by Crippen LogP contribution is 2.41. The second kappa shape index (κ2) is 5.27. The Hall–Kier alpha value is -1.84. The van der Waals surface area contributed by atoms with Crippen LogP contribution in [0.4, 0.5) is 0 Å². The lowest BCUT2D eigenvalue weighted by molar-refractivity contribution is -0.129. The molecular formula is C16H20N2O2. The van der Waals surface area contributed by atoms with Crippen molar-refractivity contribution in [2.45, 2.75) is 38.1 Å². The molecule has 1 saturated carbocycles. The summed E-state index contributed by atoms with van der Waals surface area (Å²) in [5, 5.41) is 6.02. The molecule has 0 unspecified atom stereocenters. The first-order chi connectivity index (χ1) is 9.70. The normalized spacial score (nSPS) is 29.2. The van der Waals surface area contributed by atoms with Crippen molar-refractivity contribution in [1.82, 2.24) is 10.6 Å². The molecule has 2 amide bonds. The van der Waals surface area contributed by atoms with Gasteiger partial charge < -0.3 is 10.6 Å². The van der Waals surface area contributed by atoms with Crippen molar-refractivity contribution in [3.8, 4) is 0 Å². The number of hydrogen-bond acceptors (Lipinski definition) is 2. The molecule has 106 valence electrons. The summed E-state index contributed by atoms with van der Waals surface area (Å²) < 4.78 is 0. The highest BCUT2D eigenvalue weighted by atomic mass is 16.2. The van der Waals surface area contributed by atoms with Crippen LogP contribution >= 0.6 is 0 Å². The molecule has 1 saturated heterocycles. The number of carbonyl (C=O) groups is 2. The van der Waals surface area contributed by atoms with Crippen LogP contribution in [-0.4, -0.2) is 24.4 Å². The summed E-state index contributed by atoms with van der Waals surface area (Å²) >= 11 is 0. The van der Waals surface area contributed by atoms with Crippen LogP contribution in [0.1, 0.15) is 42.5 Å². The summed E-state index contributed by atoms with van der Waals surface area (Å²) in [5.41, 5.74) is 0.454. The lowest BCUT2D eigenvalue weighted by Crippen LogP contribution is -2.45. The first kappa shape index (κ1) is 13.2. The maximum atomic E-state index is 12.2. The molecule has 0 radical (unpaired) electrons. The predicted octanol–water partition coefficient (Wildman–Crippen LogP) is 1.87. The van der Waals surface area contributed by atoms with Gasteiger partial charge in [0, 0.05) is 18.2 Å². The van der Waals surface area contributed by atoms with Crippen molar-refractivity contribution in [3.63, 3.8) is 0 Å². The largest absolute Gasteiger partial charge is 0.356 e. The third-order valence-corrected chi connectivity index (χ3v) is 4.59. The second-order valence-corrected chi connectivity index (χ2v) is 5.92. The minimum absolute atomic E-state index is 0.0361. The van der Waals surface area contributed by atoms with Crippen LogP contribution in [0.3, 0.4) is 0 Å². The topological polar surface area (TPSA) is 58.2 Å². The molecule has 20 heavy (non-hydrogen) atoms. The van der Waals surface area contributed by atoms with E-state index in [-0.39, 0.29) is 23.3 Å². The Bertz CT molecular complexity index is 514. The number of nitrogens with one attached hydrogen (secondary N) is 2. The number of rotatable bonds is 2.